The number of benzene rings is 1. The molecular weight excluding hydrogens is 370 g/mol. The summed E-state index contributed by atoms with van der Waals surface area (Å²) < 4.78 is 4.10. The van der Waals surface area contributed by atoms with Crippen molar-refractivity contribution in [1.29, 1.82) is 0 Å². The lowest BCUT2D eigenvalue weighted by molar-refractivity contribution is 0.552. The molecule has 1 heterocycles. The normalized spacial score (nSPS) is 12.6. The minimum Gasteiger partial charge on any atom is -0.305 e. The molecule has 1 aromatic heterocycles. The van der Waals surface area contributed by atoms with Gasteiger partial charge < -0.3 is 5.32 Å². The van der Waals surface area contributed by atoms with Crippen molar-refractivity contribution in [3.63, 3.8) is 0 Å². The van der Waals surface area contributed by atoms with Crippen molar-refractivity contribution in [2.45, 2.75) is 19.4 Å². The summed E-state index contributed by atoms with van der Waals surface area (Å²) in [5.41, 5.74) is 2.37. The largest absolute Gasteiger partial charge is 0.305 e. The van der Waals surface area contributed by atoms with Crippen LogP contribution in [0.3, 0.4) is 0 Å². The molecule has 0 fully saturated rings. The highest BCUT2D eigenvalue weighted by atomic mass is 79.9. The predicted octanol–water partition coefficient (Wildman–Crippen LogP) is 4.03. The number of nitrogens with one attached hydrogen (secondary N) is 1. The molecule has 0 saturated carbocycles. The average molecular weight is 387 g/mol. The van der Waals surface area contributed by atoms with Gasteiger partial charge in [-0.05, 0) is 42.8 Å². The van der Waals surface area contributed by atoms with Crippen molar-refractivity contribution < 1.29 is 0 Å². The minimum atomic E-state index is 0.138. The molecule has 0 radical (unpaired) electrons. The number of rotatable bonds is 5. The van der Waals surface area contributed by atoms with E-state index < -0.39 is 0 Å². The summed E-state index contributed by atoms with van der Waals surface area (Å²) in [6.07, 6.45) is 2.93. The van der Waals surface area contributed by atoms with Gasteiger partial charge in [0.2, 0.25) is 0 Å². The zero-order chi connectivity index (χ0) is 13.8. The number of hydrogen-bond acceptors (Lipinski definition) is 2. The van der Waals surface area contributed by atoms with Crippen LogP contribution in [-0.2, 0) is 7.05 Å². The Morgan fingerprint density at radius 2 is 2.11 bits per heavy atom. The Morgan fingerprint density at radius 1 is 1.32 bits per heavy atom. The molecule has 0 bridgehead atoms. The SMILES string of the molecule is CCCNC(c1cc(Br)ccc1Br)c1ccnn1C. The summed E-state index contributed by atoms with van der Waals surface area (Å²) in [6, 6.07) is 8.44. The van der Waals surface area contributed by atoms with Gasteiger partial charge in [-0.15, -0.1) is 0 Å². The number of aryl methyl sites for hydroxylation is 1. The van der Waals surface area contributed by atoms with Gasteiger partial charge in [0, 0.05) is 22.2 Å². The molecule has 2 aromatic rings. The highest BCUT2D eigenvalue weighted by molar-refractivity contribution is 9.11. The van der Waals surface area contributed by atoms with Gasteiger partial charge in [-0.2, -0.15) is 5.10 Å². The van der Waals surface area contributed by atoms with Gasteiger partial charge >= 0.3 is 0 Å². The lowest BCUT2D eigenvalue weighted by Crippen LogP contribution is -2.25. The van der Waals surface area contributed by atoms with Crippen LogP contribution in [0.15, 0.2) is 39.4 Å². The van der Waals surface area contributed by atoms with Gasteiger partial charge in [0.15, 0.2) is 0 Å². The molecule has 0 aliphatic rings. The van der Waals surface area contributed by atoms with Crippen LogP contribution >= 0.6 is 31.9 Å². The van der Waals surface area contributed by atoms with Gasteiger partial charge in [-0.3, -0.25) is 4.68 Å². The minimum absolute atomic E-state index is 0.138. The number of halogens is 2. The smallest absolute Gasteiger partial charge is 0.0759 e. The Bertz CT molecular complexity index is 551. The Morgan fingerprint density at radius 3 is 2.74 bits per heavy atom. The fraction of sp³-hybridized carbons (Fsp3) is 0.357. The Balaban J connectivity index is 2.42. The van der Waals surface area contributed by atoms with E-state index in [1.165, 1.54) is 5.56 Å². The van der Waals surface area contributed by atoms with E-state index in [-0.39, 0.29) is 6.04 Å². The third kappa shape index (κ3) is 3.46. The molecule has 0 spiro atoms. The topological polar surface area (TPSA) is 29.9 Å². The van der Waals surface area contributed by atoms with E-state index >= 15 is 0 Å². The first-order valence-corrected chi connectivity index (χ1v) is 7.88. The van der Waals surface area contributed by atoms with Crippen LogP contribution in [0.2, 0.25) is 0 Å². The maximum atomic E-state index is 4.27. The Labute approximate surface area is 130 Å². The van der Waals surface area contributed by atoms with E-state index in [1.54, 1.807) is 0 Å². The summed E-state index contributed by atoms with van der Waals surface area (Å²) in [5.74, 6) is 0. The number of hydrogen-bond donors (Lipinski definition) is 1. The van der Waals surface area contributed by atoms with Crippen LogP contribution in [0.5, 0.6) is 0 Å². The fourth-order valence-electron chi connectivity index (χ4n) is 2.07. The summed E-state index contributed by atoms with van der Waals surface area (Å²) in [4.78, 5) is 0. The van der Waals surface area contributed by atoms with Crippen molar-refractivity contribution >= 4 is 31.9 Å². The van der Waals surface area contributed by atoms with Gasteiger partial charge in [-0.1, -0.05) is 38.8 Å². The molecule has 0 amide bonds. The maximum Gasteiger partial charge on any atom is 0.0759 e. The molecule has 102 valence electrons. The second-order valence-electron chi connectivity index (χ2n) is 4.43. The summed E-state index contributed by atoms with van der Waals surface area (Å²) >= 11 is 7.19. The first kappa shape index (κ1) is 14.8. The zero-order valence-corrected chi connectivity index (χ0v) is 14.2. The lowest BCUT2D eigenvalue weighted by Gasteiger charge is -2.21. The highest BCUT2D eigenvalue weighted by Crippen LogP contribution is 2.30. The first-order chi connectivity index (χ1) is 9.13. The predicted molar refractivity (Wildman–Crippen MR) is 85.2 cm³/mol. The van der Waals surface area contributed by atoms with Crippen molar-refractivity contribution in [2.75, 3.05) is 6.54 Å². The molecule has 0 aliphatic heterocycles. The van der Waals surface area contributed by atoms with Crippen molar-refractivity contribution in [1.82, 2.24) is 15.1 Å². The molecular formula is C14H17Br2N3. The van der Waals surface area contributed by atoms with E-state index in [4.69, 9.17) is 0 Å². The Kier molecular flexibility index (Phi) is 5.19. The van der Waals surface area contributed by atoms with Crippen molar-refractivity contribution in [3.8, 4) is 0 Å². The van der Waals surface area contributed by atoms with Gasteiger partial charge in [0.1, 0.15) is 0 Å². The first-order valence-electron chi connectivity index (χ1n) is 6.29. The third-order valence-electron chi connectivity index (χ3n) is 3.02. The van der Waals surface area contributed by atoms with E-state index in [0.717, 1.165) is 27.6 Å². The zero-order valence-electron chi connectivity index (χ0n) is 11.0. The van der Waals surface area contributed by atoms with E-state index in [0.29, 0.717) is 0 Å². The quantitative estimate of drug-likeness (QED) is 0.840. The molecule has 5 heteroatoms. The van der Waals surface area contributed by atoms with Crippen LogP contribution in [0, 0.1) is 0 Å². The van der Waals surface area contributed by atoms with Crippen molar-refractivity contribution in [2.24, 2.45) is 7.05 Å². The van der Waals surface area contributed by atoms with E-state index in [2.05, 4.69) is 67.4 Å². The van der Waals surface area contributed by atoms with Gasteiger partial charge in [-0.25, -0.2) is 0 Å². The lowest BCUT2D eigenvalue weighted by atomic mass is 10.0. The molecule has 1 aromatic carbocycles. The third-order valence-corrected chi connectivity index (χ3v) is 4.24. The van der Waals surface area contributed by atoms with Crippen LogP contribution in [0.4, 0.5) is 0 Å². The molecule has 2 rings (SSSR count). The summed E-state index contributed by atoms with van der Waals surface area (Å²) in [5, 5.41) is 7.86. The molecule has 1 unspecified atom stereocenters. The van der Waals surface area contributed by atoms with Crippen LogP contribution in [0.1, 0.15) is 30.6 Å². The summed E-state index contributed by atoms with van der Waals surface area (Å²) in [7, 11) is 1.97. The van der Waals surface area contributed by atoms with Crippen LogP contribution in [0.25, 0.3) is 0 Å². The molecule has 0 aliphatic carbocycles. The number of aromatic nitrogens is 2. The van der Waals surface area contributed by atoms with E-state index in [1.807, 2.05) is 24.0 Å². The molecule has 1 N–H and O–H groups in total. The monoisotopic (exact) mass is 385 g/mol. The van der Waals surface area contributed by atoms with Crippen LogP contribution < -0.4 is 5.32 Å². The van der Waals surface area contributed by atoms with Gasteiger partial charge in [0.05, 0.1) is 11.7 Å². The Hall–Kier alpha value is -0.650. The van der Waals surface area contributed by atoms with Crippen LogP contribution in [-0.4, -0.2) is 16.3 Å². The maximum absolute atomic E-state index is 4.27. The summed E-state index contributed by atoms with van der Waals surface area (Å²) in [6.45, 7) is 3.14. The second-order valence-corrected chi connectivity index (χ2v) is 6.20. The highest BCUT2D eigenvalue weighted by Gasteiger charge is 2.19. The standard InChI is InChI=1S/C14H17Br2N3/c1-3-7-17-14(13-6-8-18-19(13)2)11-9-10(15)4-5-12(11)16/h4-6,8-9,14,17H,3,7H2,1-2H3. The number of nitrogens with zero attached hydrogens (tertiary/aromatic N) is 2. The average Bonchev–Trinajstić information content (AvgIpc) is 2.80. The second kappa shape index (κ2) is 6.68. The van der Waals surface area contributed by atoms with Gasteiger partial charge in [0.25, 0.3) is 0 Å². The fourth-order valence-corrected chi connectivity index (χ4v) is 2.92. The molecule has 0 saturated heterocycles. The molecule has 1 atom stereocenters. The van der Waals surface area contributed by atoms with Crippen molar-refractivity contribution in [3.05, 3.63) is 50.7 Å². The van der Waals surface area contributed by atoms with E-state index in [9.17, 15) is 0 Å². The molecule has 3 nitrogen and oxygen atoms in total. The molecule has 19 heavy (non-hydrogen) atoms.